The molecule has 0 aromatic carbocycles. The number of rotatable bonds is 16. The van der Waals surface area contributed by atoms with Gasteiger partial charge in [0.15, 0.2) is 18.9 Å². The summed E-state index contributed by atoms with van der Waals surface area (Å²) in [6.07, 6.45) is -24.5. The minimum absolute atomic E-state index is 0.0329. The fourth-order valence-electron chi connectivity index (χ4n) is 5.83. The first-order valence-corrected chi connectivity index (χ1v) is 16.7. The number of ether oxygens (including phenoxy) is 9. The average Bonchev–Trinajstić information content (AvgIpc) is 3.49. The zero-order valence-electron chi connectivity index (χ0n) is 28.5. The number of hydrogen-bond donors (Lipinski definition) is 11. The van der Waals surface area contributed by atoms with E-state index in [4.69, 9.17) is 42.6 Å². The average molecular weight is 773 g/mol. The molecule has 53 heavy (non-hydrogen) atoms. The predicted molar refractivity (Wildman–Crippen MR) is 166 cm³/mol. The Hall–Kier alpha value is -2.85. The van der Waals surface area contributed by atoms with Crippen molar-refractivity contribution in [3.63, 3.8) is 0 Å². The second-order valence-electron chi connectivity index (χ2n) is 12.6. The summed E-state index contributed by atoms with van der Waals surface area (Å²) in [5, 5.41) is 97.8. The van der Waals surface area contributed by atoms with E-state index in [9.17, 15) is 60.3 Å². The molecule has 23 nitrogen and oxygen atoms in total. The van der Waals surface area contributed by atoms with E-state index in [1.807, 2.05) is 0 Å². The lowest BCUT2D eigenvalue weighted by Crippen LogP contribution is -2.66. The number of hydrogen-bond acceptors (Lipinski definition) is 20. The van der Waals surface area contributed by atoms with E-state index in [0.29, 0.717) is 12.8 Å². The lowest BCUT2D eigenvalue weighted by atomic mass is 9.96. The maximum Gasteiger partial charge on any atom is 0.407 e. The topological polar surface area (TPSA) is 340 Å². The van der Waals surface area contributed by atoms with Gasteiger partial charge in [-0.05, 0) is 12.8 Å². The van der Waals surface area contributed by atoms with E-state index < -0.39 is 136 Å². The third-order valence-electron chi connectivity index (χ3n) is 8.79. The molecule has 4 heterocycles. The van der Waals surface area contributed by atoms with Gasteiger partial charge in [-0.3, -0.25) is 0 Å². The van der Waals surface area contributed by atoms with Gasteiger partial charge in [0.25, 0.3) is 5.79 Å². The molecule has 0 aromatic rings. The number of amides is 2. The zero-order chi connectivity index (χ0) is 39.0. The highest BCUT2D eigenvalue weighted by molar-refractivity contribution is 5.75. The van der Waals surface area contributed by atoms with Gasteiger partial charge in [0.2, 0.25) is 0 Å². The molecule has 4 saturated heterocycles. The first-order chi connectivity index (χ1) is 25.1. The Morgan fingerprint density at radius 3 is 1.89 bits per heavy atom. The number of allylic oxidation sites excluding steroid dienone is 1. The molecule has 0 bridgehead atoms. The molecule has 0 aliphatic carbocycles. The number of aliphatic carboxylic acids is 1. The van der Waals surface area contributed by atoms with Crippen molar-refractivity contribution in [2.75, 3.05) is 39.5 Å². The van der Waals surface area contributed by atoms with E-state index in [1.165, 1.54) is 0 Å². The molecular formula is C30H48N2O21. The van der Waals surface area contributed by atoms with Gasteiger partial charge >= 0.3 is 18.2 Å². The van der Waals surface area contributed by atoms with Gasteiger partial charge in [-0.1, -0.05) is 6.08 Å². The van der Waals surface area contributed by atoms with E-state index in [1.54, 1.807) is 6.08 Å². The van der Waals surface area contributed by atoms with Gasteiger partial charge in [0, 0.05) is 20.0 Å². The number of carbonyl (C=O) groups excluding carboxylic acids is 2. The molecule has 2 amide bonds. The maximum absolute atomic E-state index is 12.5. The van der Waals surface area contributed by atoms with Crippen molar-refractivity contribution in [2.45, 2.75) is 118 Å². The number of carboxylic acid groups (broad SMARTS) is 1. The molecule has 0 aromatic heterocycles. The van der Waals surface area contributed by atoms with Crippen LogP contribution < -0.4 is 10.6 Å². The monoisotopic (exact) mass is 772 g/mol. The van der Waals surface area contributed by atoms with Crippen molar-refractivity contribution in [1.29, 1.82) is 0 Å². The number of nitrogens with one attached hydrogen (secondary N) is 2. The molecule has 0 radical (unpaired) electrons. The van der Waals surface area contributed by atoms with Crippen LogP contribution in [0.3, 0.4) is 0 Å². The van der Waals surface area contributed by atoms with Crippen molar-refractivity contribution < 1.29 is 103 Å². The summed E-state index contributed by atoms with van der Waals surface area (Å²) in [4.78, 5) is 36.0. The third kappa shape index (κ3) is 10.3. The van der Waals surface area contributed by atoms with Gasteiger partial charge in [-0.15, -0.1) is 6.58 Å². The van der Waals surface area contributed by atoms with Crippen LogP contribution in [0.5, 0.6) is 0 Å². The Balaban J connectivity index is 1.40. The number of aliphatic hydroxyl groups excluding tert-OH is 8. The lowest BCUT2D eigenvalue weighted by Gasteiger charge is -2.47. The largest absolute Gasteiger partial charge is 0.477 e. The van der Waals surface area contributed by atoms with Gasteiger partial charge in [-0.25, -0.2) is 14.4 Å². The minimum atomic E-state index is -2.28. The fraction of sp³-hybridized carbons (Fsp3) is 0.833. The van der Waals surface area contributed by atoms with E-state index in [-0.39, 0.29) is 19.7 Å². The molecule has 11 N–H and O–H groups in total. The van der Waals surface area contributed by atoms with Crippen LogP contribution in [0, 0.1) is 0 Å². The minimum Gasteiger partial charge on any atom is -0.477 e. The summed E-state index contributed by atoms with van der Waals surface area (Å²) in [5.74, 6) is -3.84. The molecular weight excluding hydrogens is 724 g/mol. The second kappa shape index (κ2) is 19.1. The predicted octanol–water partition coefficient (Wildman–Crippen LogP) is -5.28. The second-order valence-corrected chi connectivity index (χ2v) is 12.6. The Kier molecular flexibility index (Phi) is 15.5. The molecule has 4 aliphatic heterocycles. The molecule has 23 heteroatoms. The van der Waals surface area contributed by atoms with Crippen LogP contribution in [0.1, 0.15) is 19.8 Å². The Bertz CT molecular complexity index is 1230. The van der Waals surface area contributed by atoms with Crippen molar-refractivity contribution in [3.8, 4) is 0 Å². The molecule has 304 valence electrons. The van der Waals surface area contributed by atoms with E-state index in [0.717, 1.165) is 6.92 Å². The smallest absolute Gasteiger partial charge is 0.407 e. The van der Waals surface area contributed by atoms with Crippen molar-refractivity contribution >= 4 is 18.2 Å². The molecule has 16 atom stereocenters. The van der Waals surface area contributed by atoms with Crippen LogP contribution in [0.4, 0.5) is 9.59 Å². The normalized spacial score (nSPS) is 41.2. The molecule has 6 unspecified atom stereocenters. The summed E-state index contributed by atoms with van der Waals surface area (Å²) < 4.78 is 49.0. The van der Waals surface area contributed by atoms with Gasteiger partial charge in [-0.2, -0.15) is 0 Å². The summed E-state index contributed by atoms with van der Waals surface area (Å²) in [6, 6.07) is 0. The number of alkyl carbamates (subject to hydrolysis) is 2. The highest BCUT2D eigenvalue weighted by Gasteiger charge is 2.60. The number of carbonyl (C=O) groups is 3. The highest BCUT2D eigenvalue weighted by Crippen LogP contribution is 2.39. The summed E-state index contributed by atoms with van der Waals surface area (Å²) in [7, 11) is 0. The molecule has 4 aliphatic rings. The fourth-order valence-corrected chi connectivity index (χ4v) is 5.83. The van der Waals surface area contributed by atoms with Crippen LogP contribution in [0.15, 0.2) is 12.7 Å². The molecule has 4 fully saturated rings. The first kappa shape index (κ1) is 42.9. The Labute approximate surface area is 301 Å². The number of carboxylic acids is 1. The first-order valence-electron chi connectivity index (χ1n) is 16.7. The van der Waals surface area contributed by atoms with Crippen molar-refractivity contribution in [3.05, 3.63) is 12.7 Å². The lowest BCUT2D eigenvalue weighted by molar-refractivity contribution is -0.374. The van der Waals surface area contributed by atoms with Gasteiger partial charge < -0.3 is 99.2 Å². The summed E-state index contributed by atoms with van der Waals surface area (Å²) >= 11 is 0. The Morgan fingerprint density at radius 1 is 0.736 bits per heavy atom. The van der Waals surface area contributed by atoms with E-state index >= 15 is 0 Å². The number of fused-ring (bicyclic) bond motifs is 1. The standard InChI is InChI=1S/C30H48N2O21/c1-3-4-5-8-45-28(43)31-6-7-32-29(44)46-11-14-22(20(40)23-26(49-14)53-30(2,52-23)27(41)42)51-25-19(39)17(37)21(13(10-34)48-25)50-24-18(38)16(36)15(35)12(9-33)47-24/h3,12-26,33-40H,1,4-11H2,2H3,(H,31,43)(H,32,44)(H,41,42)/t12?,13?,14?,15-,16-,17+,18?,19?,20-,21-,22-,23?,24-,25-,26-,30-/m0/s1. The van der Waals surface area contributed by atoms with Gasteiger partial charge in [0.1, 0.15) is 79.9 Å². The summed E-state index contributed by atoms with van der Waals surface area (Å²) in [5.41, 5.74) is 0. The Morgan fingerprint density at radius 2 is 1.30 bits per heavy atom. The molecule has 0 saturated carbocycles. The molecule has 0 spiro atoms. The van der Waals surface area contributed by atoms with Crippen molar-refractivity contribution in [1.82, 2.24) is 10.6 Å². The van der Waals surface area contributed by atoms with Crippen molar-refractivity contribution in [2.24, 2.45) is 0 Å². The zero-order valence-corrected chi connectivity index (χ0v) is 28.5. The number of unbranched alkanes of at least 4 members (excludes halogenated alkanes) is 1. The third-order valence-corrected chi connectivity index (χ3v) is 8.79. The van der Waals surface area contributed by atoms with Crippen LogP contribution in [0.25, 0.3) is 0 Å². The van der Waals surface area contributed by atoms with Crippen LogP contribution in [-0.2, 0) is 47.4 Å². The number of aliphatic hydroxyl groups is 8. The van der Waals surface area contributed by atoms with E-state index in [2.05, 4.69) is 17.2 Å². The molecule has 4 rings (SSSR count). The maximum atomic E-state index is 12.5. The van der Waals surface area contributed by atoms with Crippen LogP contribution in [0.2, 0.25) is 0 Å². The highest BCUT2D eigenvalue weighted by atomic mass is 16.8. The van der Waals surface area contributed by atoms with Crippen LogP contribution >= 0.6 is 0 Å². The quantitative estimate of drug-likeness (QED) is 0.0515. The summed E-state index contributed by atoms with van der Waals surface area (Å²) in [6.45, 7) is 2.29. The van der Waals surface area contributed by atoms with Crippen LogP contribution in [-0.4, -0.2) is 202 Å². The van der Waals surface area contributed by atoms with Gasteiger partial charge in [0.05, 0.1) is 19.8 Å². The SMILES string of the molecule is C=CCCCOC(=O)NCCNC(=O)OCC1O[C@H]2O[C@@](C)(C(=O)O)OC2[C@@H](O)[C@H]1O[C@@H]1OC(CO)[C@H](O[C@@H]2OC(CO)[C@H](O)[C@H](O)C2O)[C@H](O)C1O.